The van der Waals surface area contributed by atoms with Gasteiger partial charge < -0.3 is 40.9 Å². The Balaban J connectivity index is 0.000000198. The number of rotatable bonds is 16. The maximum Gasteiger partial charge on any atom is 0.282 e. The first-order chi connectivity index (χ1) is 49.4. The Kier molecular flexibility index (Phi) is 20.2. The second-order valence-corrected chi connectivity index (χ2v) is 27.0. The van der Waals surface area contributed by atoms with Crippen LogP contribution in [0.1, 0.15) is 45.5 Å². The molecule has 13 heterocycles. The Morgan fingerprint density at radius 2 is 0.814 bits per heavy atom. The summed E-state index contributed by atoms with van der Waals surface area (Å²) in [4.78, 5) is 54.5. The maximum absolute atomic E-state index is 13.6. The minimum Gasteiger partial charge on any atom is -0.356 e. The molecule has 9 aromatic heterocycles. The largest absolute Gasteiger partial charge is 0.356 e. The van der Waals surface area contributed by atoms with E-state index >= 15 is 0 Å². The standard InChI is InChI=1S/C19H15ClFN7.C17H15ClF2N6.C17H17ClN6.C17H16ClN5S.7H2/c20-14-5-2-1-4-12(14)18-23-15(9-16(25-18)28-6-3-7-28)24-19-13-8-11(21)10-22-17(13)26-27-19;1-10-6-14(25-24-10)21-13-7-15(26-8-17(19,20)9-26)23-16(22-13)11-4-2-3-5-12(11)18;1-11-9-15(23-22-11)19-14-10-16(24-7-4-8-24)21-17(20-14)12-5-2-3-6-13(12)18;1-11-10-19-17(24-11)21-14-9-15(23-7-4-8-23)22-16(20-14)12-5-2-3-6-13(12)18;;;;;;;/h1-2,4-5,8-10H,3,6-7H2,(H2,22,23,24,25,26,27);2-7H,8-9H2,1H3,(H2,21,22,23,24,25);2-3,5-6,9-10H,4,7-8H2,1H3,(H2,19,20,21,22,23);2-3,5-6,9-10H,4,7-8H2,1H3,(H,19,20,21,22);7*1H. The fourth-order valence-corrected chi connectivity index (χ4v) is 12.4. The number of halogens is 7. The van der Waals surface area contributed by atoms with Gasteiger partial charge in [-0.05, 0) is 94.6 Å². The molecule has 32 heteroatoms. The lowest BCUT2D eigenvalue weighted by molar-refractivity contribution is -0.0267. The summed E-state index contributed by atoms with van der Waals surface area (Å²) in [7, 11) is 0. The number of hydrogen-bond acceptors (Lipinski definition) is 22. The average Bonchev–Trinajstić information content (AvgIpc) is 1.57. The first-order valence-corrected chi connectivity index (χ1v) is 34.8. The summed E-state index contributed by atoms with van der Waals surface area (Å²) in [6, 6.07) is 42.4. The number of fused-ring (bicyclic) bond motifs is 1. The van der Waals surface area contributed by atoms with Crippen molar-refractivity contribution in [2.75, 3.05) is 93.2 Å². The van der Waals surface area contributed by atoms with Crippen molar-refractivity contribution in [1.82, 2.24) is 80.4 Å². The highest BCUT2D eigenvalue weighted by Gasteiger charge is 2.45. The molecule has 0 aliphatic carbocycles. The van der Waals surface area contributed by atoms with Gasteiger partial charge in [-0.2, -0.15) is 15.3 Å². The molecule has 0 radical (unpaired) electrons. The van der Waals surface area contributed by atoms with E-state index in [1.54, 1.807) is 41.7 Å². The predicted molar refractivity (Wildman–Crippen MR) is 413 cm³/mol. The van der Waals surface area contributed by atoms with Gasteiger partial charge in [0, 0.05) is 130 Å². The van der Waals surface area contributed by atoms with E-state index in [2.05, 4.69) is 106 Å². The molecule has 13 aromatic rings. The number of thiazole rings is 1. The molecule has 0 spiro atoms. The van der Waals surface area contributed by atoms with Crippen molar-refractivity contribution in [3.8, 4) is 45.6 Å². The molecule has 17 rings (SSSR count). The highest BCUT2D eigenvalue weighted by atomic mass is 35.5. The van der Waals surface area contributed by atoms with Gasteiger partial charge in [0.1, 0.15) is 58.2 Å². The molecule has 4 fully saturated rings. The highest BCUT2D eigenvalue weighted by Crippen LogP contribution is 2.38. The number of nitrogens with one attached hydrogen (secondary N) is 7. The molecule has 0 unspecified atom stereocenters. The van der Waals surface area contributed by atoms with Gasteiger partial charge in [0.15, 0.2) is 45.7 Å². The number of H-pyrrole nitrogens is 3. The van der Waals surface area contributed by atoms with Gasteiger partial charge in [0.05, 0.1) is 44.8 Å². The van der Waals surface area contributed by atoms with Crippen LogP contribution < -0.4 is 40.9 Å². The van der Waals surface area contributed by atoms with E-state index in [1.165, 1.54) is 23.8 Å². The number of aromatic nitrogens is 16. The van der Waals surface area contributed by atoms with Crippen LogP contribution in [0, 0.1) is 26.6 Å². The lowest BCUT2D eigenvalue weighted by atomic mass is 10.1. The van der Waals surface area contributed by atoms with Crippen LogP contribution in [-0.2, 0) is 0 Å². The third-order valence-electron chi connectivity index (χ3n) is 16.4. The van der Waals surface area contributed by atoms with Crippen LogP contribution in [0.15, 0.2) is 152 Å². The lowest BCUT2D eigenvalue weighted by Gasteiger charge is -2.39. The Morgan fingerprint density at radius 3 is 1.16 bits per heavy atom. The Labute approximate surface area is 617 Å². The van der Waals surface area contributed by atoms with E-state index in [0.29, 0.717) is 94.9 Å². The van der Waals surface area contributed by atoms with Crippen molar-refractivity contribution in [1.29, 1.82) is 0 Å². The molecular weight excluding hydrogens is 1410 g/mol. The van der Waals surface area contributed by atoms with E-state index in [0.717, 1.165) is 119 Å². The molecule has 0 saturated carbocycles. The summed E-state index contributed by atoms with van der Waals surface area (Å²) < 4.78 is 40.2. The molecule has 0 bridgehead atoms. The molecule has 0 atom stereocenters. The number of hydrogen-bond donors (Lipinski definition) is 7. The van der Waals surface area contributed by atoms with Crippen LogP contribution in [0.3, 0.4) is 0 Å². The summed E-state index contributed by atoms with van der Waals surface area (Å²) >= 11 is 26.8. The maximum atomic E-state index is 13.6. The second kappa shape index (κ2) is 30.2. The molecule has 532 valence electrons. The van der Waals surface area contributed by atoms with Crippen molar-refractivity contribution < 1.29 is 23.2 Å². The van der Waals surface area contributed by atoms with Gasteiger partial charge in [-0.25, -0.2) is 63.0 Å². The molecular formula is C70H77Cl4F3N24S. The number of pyridine rings is 1. The summed E-state index contributed by atoms with van der Waals surface area (Å²) in [5.41, 5.74) is 5.33. The fraction of sp³-hybridized carbons (Fsp3) is 0.214. The Bertz CT molecular complexity index is 5020. The lowest BCUT2D eigenvalue weighted by Crippen LogP contribution is -2.56. The molecule has 4 aliphatic rings. The van der Waals surface area contributed by atoms with Crippen LogP contribution in [0.25, 0.3) is 56.6 Å². The Hall–Kier alpha value is -10.8. The fourth-order valence-electron chi connectivity index (χ4n) is 10.9. The van der Waals surface area contributed by atoms with Crippen LogP contribution in [-0.4, -0.2) is 139 Å². The van der Waals surface area contributed by atoms with Crippen molar-refractivity contribution in [3.63, 3.8) is 0 Å². The number of aryl methyl sites for hydroxylation is 3. The summed E-state index contributed by atoms with van der Waals surface area (Å²) in [6.07, 6.45) is 6.49. The molecule has 102 heavy (non-hydrogen) atoms. The SMILES string of the molecule is Cc1cc(Nc2cc(N3CC(F)(F)C3)nc(-c3ccccc3Cl)n2)n[nH]1.Cc1cc(Nc2cc(N3CCC3)nc(-c3ccccc3Cl)n2)n[nH]1.Cc1cnc(Nc2cc(N3CCC3)nc(-c3ccccc3Cl)n2)s1.Fc1cnc2n[nH]c(Nc3cc(N4CCC4)nc(-c4ccccc4Cl)n3)c2c1.[HH].[HH].[HH].[HH].[HH].[HH].[HH]. The van der Waals surface area contributed by atoms with Crippen molar-refractivity contribution in [3.05, 3.63) is 194 Å². The third kappa shape index (κ3) is 16.3. The number of anilines is 12. The van der Waals surface area contributed by atoms with Crippen molar-refractivity contribution >= 4 is 138 Å². The highest BCUT2D eigenvalue weighted by molar-refractivity contribution is 7.15. The number of benzene rings is 4. The molecule has 4 aromatic carbocycles. The van der Waals surface area contributed by atoms with E-state index in [4.69, 9.17) is 56.4 Å². The minimum absolute atomic E-state index is 0. The molecule has 4 saturated heterocycles. The smallest absolute Gasteiger partial charge is 0.282 e. The monoisotopic (exact) mass is 1480 g/mol. The van der Waals surface area contributed by atoms with Gasteiger partial charge in [0.25, 0.3) is 5.92 Å². The van der Waals surface area contributed by atoms with E-state index in [9.17, 15) is 13.2 Å². The molecule has 4 aliphatic heterocycles. The third-order valence-corrected chi connectivity index (χ3v) is 18.6. The quantitative estimate of drug-likeness (QED) is 0.0473. The first-order valence-electron chi connectivity index (χ1n) is 32.4. The van der Waals surface area contributed by atoms with Gasteiger partial charge >= 0.3 is 0 Å². The predicted octanol–water partition coefficient (Wildman–Crippen LogP) is 18.2. The van der Waals surface area contributed by atoms with Gasteiger partial charge in [-0.3, -0.25) is 15.3 Å². The first kappa shape index (κ1) is 68.4. The van der Waals surface area contributed by atoms with Crippen LogP contribution in [0.4, 0.5) is 82.3 Å². The summed E-state index contributed by atoms with van der Waals surface area (Å²) in [6.45, 7) is 11.1. The van der Waals surface area contributed by atoms with E-state index < -0.39 is 11.7 Å². The van der Waals surface area contributed by atoms with Gasteiger partial charge in [0.2, 0.25) is 0 Å². The molecule has 0 amide bonds. The van der Waals surface area contributed by atoms with E-state index in [-0.39, 0.29) is 23.1 Å². The zero-order valence-electron chi connectivity index (χ0n) is 54.9. The summed E-state index contributed by atoms with van der Waals surface area (Å²) in [5, 5.41) is 37.5. The summed E-state index contributed by atoms with van der Waals surface area (Å²) in [5.74, 6) is 6.30. The molecule has 24 nitrogen and oxygen atoms in total. The van der Waals surface area contributed by atoms with Crippen LogP contribution in [0.5, 0.6) is 0 Å². The van der Waals surface area contributed by atoms with E-state index in [1.807, 2.05) is 130 Å². The van der Waals surface area contributed by atoms with Crippen LogP contribution >= 0.6 is 57.7 Å². The van der Waals surface area contributed by atoms with Gasteiger partial charge in [-0.15, -0.1) is 11.3 Å². The van der Waals surface area contributed by atoms with Gasteiger partial charge in [-0.1, -0.05) is 94.9 Å². The number of alkyl halides is 2. The zero-order chi connectivity index (χ0) is 70.4. The topological polar surface area (TPSA) is 276 Å². The minimum atomic E-state index is -2.69. The number of aromatic amines is 3. The number of nitrogens with zero attached hydrogens (tertiary/aromatic N) is 17. The Morgan fingerprint density at radius 1 is 0.431 bits per heavy atom. The molecule has 7 N–H and O–H groups in total. The van der Waals surface area contributed by atoms with Crippen molar-refractivity contribution in [2.45, 2.75) is 46.0 Å². The zero-order valence-corrected chi connectivity index (χ0v) is 58.7. The second-order valence-electron chi connectivity index (χ2n) is 24.2. The normalized spacial score (nSPS) is 14.1. The van der Waals surface area contributed by atoms with Crippen molar-refractivity contribution in [2.24, 2.45) is 0 Å². The van der Waals surface area contributed by atoms with Crippen LogP contribution in [0.2, 0.25) is 20.1 Å². The average molecular weight is 1490 g/mol.